The standard InChI is InChI=1S/C9H14N2O/c1-8(7-12)11-6-9-3-2-4-10-5-9/h2-5,8,11-12H,6-7H2,1H3/t8-/m0/s1. The van der Waals surface area contributed by atoms with Crippen molar-refractivity contribution in [2.75, 3.05) is 6.61 Å². The Balaban J connectivity index is 2.33. The lowest BCUT2D eigenvalue weighted by molar-refractivity contribution is 0.251. The van der Waals surface area contributed by atoms with Crippen molar-refractivity contribution in [1.82, 2.24) is 10.3 Å². The summed E-state index contributed by atoms with van der Waals surface area (Å²) in [5, 5.41) is 11.9. The van der Waals surface area contributed by atoms with Crippen LogP contribution in [-0.2, 0) is 6.54 Å². The number of nitrogens with one attached hydrogen (secondary N) is 1. The van der Waals surface area contributed by atoms with Crippen molar-refractivity contribution < 1.29 is 5.11 Å². The Morgan fingerprint density at radius 3 is 3.08 bits per heavy atom. The van der Waals surface area contributed by atoms with Crippen LogP contribution in [0.1, 0.15) is 12.5 Å². The number of hydrogen-bond acceptors (Lipinski definition) is 3. The van der Waals surface area contributed by atoms with E-state index in [1.54, 1.807) is 6.20 Å². The predicted octanol–water partition coefficient (Wildman–Crippen LogP) is 0.552. The second-order valence-electron chi connectivity index (χ2n) is 2.83. The van der Waals surface area contributed by atoms with Crippen molar-refractivity contribution in [2.24, 2.45) is 0 Å². The lowest BCUT2D eigenvalue weighted by atomic mass is 10.2. The summed E-state index contributed by atoms with van der Waals surface area (Å²) >= 11 is 0. The normalized spacial score (nSPS) is 12.8. The van der Waals surface area contributed by atoms with Crippen molar-refractivity contribution >= 4 is 0 Å². The third-order valence-corrected chi connectivity index (χ3v) is 1.65. The average molecular weight is 166 g/mol. The largest absolute Gasteiger partial charge is 0.395 e. The smallest absolute Gasteiger partial charge is 0.0582 e. The molecule has 1 rings (SSSR count). The fraction of sp³-hybridized carbons (Fsp3) is 0.444. The molecule has 1 aromatic rings. The van der Waals surface area contributed by atoms with E-state index in [-0.39, 0.29) is 12.6 Å². The molecule has 0 aromatic carbocycles. The van der Waals surface area contributed by atoms with Gasteiger partial charge in [-0.2, -0.15) is 0 Å². The van der Waals surface area contributed by atoms with Crippen LogP contribution >= 0.6 is 0 Å². The van der Waals surface area contributed by atoms with Gasteiger partial charge in [0.15, 0.2) is 0 Å². The van der Waals surface area contributed by atoms with E-state index in [0.29, 0.717) is 0 Å². The van der Waals surface area contributed by atoms with Gasteiger partial charge in [-0.25, -0.2) is 0 Å². The van der Waals surface area contributed by atoms with Gasteiger partial charge in [-0.3, -0.25) is 4.98 Å². The number of aliphatic hydroxyl groups excluding tert-OH is 1. The van der Waals surface area contributed by atoms with Gasteiger partial charge in [0.2, 0.25) is 0 Å². The quantitative estimate of drug-likeness (QED) is 0.686. The van der Waals surface area contributed by atoms with E-state index in [0.717, 1.165) is 12.1 Å². The summed E-state index contributed by atoms with van der Waals surface area (Å²) in [4.78, 5) is 3.99. The molecule has 0 fully saturated rings. The topological polar surface area (TPSA) is 45.1 Å². The molecule has 1 heterocycles. The zero-order chi connectivity index (χ0) is 8.81. The van der Waals surface area contributed by atoms with Crippen LogP contribution < -0.4 is 5.32 Å². The van der Waals surface area contributed by atoms with Crippen molar-refractivity contribution in [3.8, 4) is 0 Å². The third-order valence-electron chi connectivity index (χ3n) is 1.65. The molecular weight excluding hydrogens is 152 g/mol. The summed E-state index contributed by atoms with van der Waals surface area (Å²) in [5.74, 6) is 0. The molecule has 0 saturated carbocycles. The highest BCUT2D eigenvalue weighted by atomic mass is 16.3. The number of aliphatic hydroxyl groups is 1. The molecule has 2 N–H and O–H groups in total. The monoisotopic (exact) mass is 166 g/mol. The minimum Gasteiger partial charge on any atom is -0.395 e. The van der Waals surface area contributed by atoms with E-state index in [1.165, 1.54) is 0 Å². The minimum absolute atomic E-state index is 0.144. The number of hydrogen-bond donors (Lipinski definition) is 2. The highest BCUT2D eigenvalue weighted by Crippen LogP contribution is 1.94. The average Bonchev–Trinajstić information content (AvgIpc) is 2.16. The van der Waals surface area contributed by atoms with Crippen LogP contribution in [-0.4, -0.2) is 22.7 Å². The molecule has 1 aromatic heterocycles. The molecular formula is C9H14N2O. The van der Waals surface area contributed by atoms with E-state index in [4.69, 9.17) is 5.11 Å². The molecule has 0 radical (unpaired) electrons. The van der Waals surface area contributed by atoms with Gasteiger partial charge in [0, 0.05) is 25.0 Å². The molecule has 3 nitrogen and oxygen atoms in total. The molecule has 1 atom stereocenters. The number of rotatable bonds is 4. The number of nitrogens with zero attached hydrogens (tertiary/aromatic N) is 1. The van der Waals surface area contributed by atoms with Crippen LogP contribution in [0.25, 0.3) is 0 Å². The minimum atomic E-state index is 0.144. The van der Waals surface area contributed by atoms with Crippen LogP contribution in [0.5, 0.6) is 0 Å². The van der Waals surface area contributed by atoms with Crippen LogP contribution in [0.2, 0.25) is 0 Å². The first-order valence-corrected chi connectivity index (χ1v) is 4.06. The van der Waals surface area contributed by atoms with E-state index < -0.39 is 0 Å². The maximum absolute atomic E-state index is 8.73. The van der Waals surface area contributed by atoms with Crippen LogP contribution in [0.3, 0.4) is 0 Å². The third kappa shape index (κ3) is 2.98. The van der Waals surface area contributed by atoms with Gasteiger partial charge < -0.3 is 10.4 Å². The summed E-state index contributed by atoms with van der Waals surface area (Å²) in [7, 11) is 0. The Hall–Kier alpha value is -0.930. The molecule has 66 valence electrons. The summed E-state index contributed by atoms with van der Waals surface area (Å²) in [5.41, 5.74) is 1.14. The van der Waals surface area contributed by atoms with Crippen molar-refractivity contribution in [3.63, 3.8) is 0 Å². The Labute approximate surface area is 72.5 Å². The summed E-state index contributed by atoms with van der Waals surface area (Å²) in [6, 6.07) is 4.05. The first kappa shape index (κ1) is 9.16. The molecule has 0 spiro atoms. The molecule has 0 saturated heterocycles. The molecule has 12 heavy (non-hydrogen) atoms. The van der Waals surface area contributed by atoms with Gasteiger partial charge in [0.1, 0.15) is 0 Å². The Kier molecular flexibility index (Phi) is 3.70. The van der Waals surface area contributed by atoms with Crippen LogP contribution in [0, 0.1) is 0 Å². The van der Waals surface area contributed by atoms with Crippen molar-refractivity contribution in [2.45, 2.75) is 19.5 Å². The van der Waals surface area contributed by atoms with Crippen LogP contribution in [0.4, 0.5) is 0 Å². The van der Waals surface area contributed by atoms with Gasteiger partial charge in [-0.1, -0.05) is 6.07 Å². The van der Waals surface area contributed by atoms with Gasteiger partial charge in [0.25, 0.3) is 0 Å². The van der Waals surface area contributed by atoms with Gasteiger partial charge in [-0.05, 0) is 18.6 Å². The fourth-order valence-corrected chi connectivity index (χ4v) is 0.859. The predicted molar refractivity (Wildman–Crippen MR) is 47.6 cm³/mol. The number of pyridine rings is 1. The van der Waals surface area contributed by atoms with Gasteiger partial charge in [-0.15, -0.1) is 0 Å². The molecule has 3 heteroatoms. The maximum Gasteiger partial charge on any atom is 0.0582 e. The SMILES string of the molecule is C[C@@H](CO)NCc1cccnc1. The second-order valence-corrected chi connectivity index (χ2v) is 2.83. The summed E-state index contributed by atoms with van der Waals surface area (Å²) in [6.07, 6.45) is 3.57. The molecule has 0 aliphatic rings. The molecule has 0 aliphatic heterocycles. The van der Waals surface area contributed by atoms with E-state index in [1.807, 2.05) is 25.3 Å². The van der Waals surface area contributed by atoms with Crippen molar-refractivity contribution in [1.29, 1.82) is 0 Å². The second kappa shape index (κ2) is 4.85. The lowest BCUT2D eigenvalue weighted by Crippen LogP contribution is -2.28. The summed E-state index contributed by atoms with van der Waals surface area (Å²) in [6.45, 7) is 2.87. The van der Waals surface area contributed by atoms with E-state index in [2.05, 4.69) is 10.3 Å². The Bertz CT molecular complexity index is 213. The zero-order valence-corrected chi connectivity index (χ0v) is 7.20. The van der Waals surface area contributed by atoms with Crippen LogP contribution in [0.15, 0.2) is 24.5 Å². The first-order chi connectivity index (χ1) is 5.83. The van der Waals surface area contributed by atoms with E-state index >= 15 is 0 Å². The van der Waals surface area contributed by atoms with E-state index in [9.17, 15) is 0 Å². The van der Waals surface area contributed by atoms with Gasteiger partial charge in [0.05, 0.1) is 6.61 Å². The molecule has 0 aliphatic carbocycles. The first-order valence-electron chi connectivity index (χ1n) is 4.06. The number of aromatic nitrogens is 1. The Morgan fingerprint density at radius 2 is 2.50 bits per heavy atom. The molecule has 0 bridgehead atoms. The van der Waals surface area contributed by atoms with Gasteiger partial charge >= 0.3 is 0 Å². The van der Waals surface area contributed by atoms with Crippen molar-refractivity contribution in [3.05, 3.63) is 30.1 Å². The Morgan fingerprint density at radius 1 is 1.67 bits per heavy atom. The molecule has 0 amide bonds. The lowest BCUT2D eigenvalue weighted by Gasteiger charge is -2.09. The molecule has 0 unspecified atom stereocenters. The zero-order valence-electron chi connectivity index (χ0n) is 7.20. The highest BCUT2D eigenvalue weighted by molar-refractivity contribution is 5.07. The fourth-order valence-electron chi connectivity index (χ4n) is 0.859. The highest BCUT2D eigenvalue weighted by Gasteiger charge is 1.97. The summed E-state index contributed by atoms with van der Waals surface area (Å²) < 4.78 is 0. The maximum atomic E-state index is 8.73.